The number of benzene rings is 1. The highest BCUT2D eigenvalue weighted by atomic mass is 19.4. The molecule has 7 heteroatoms. The van der Waals surface area contributed by atoms with Crippen molar-refractivity contribution in [2.75, 3.05) is 13.1 Å². The number of phenolic OH excluding ortho intramolecular Hbond substituents is 1. The number of carbonyl (C=O) groups is 1. The summed E-state index contributed by atoms with van der Waals surface area (Å²) in [7, 11) is 0. The molecule has 0 saturated carbocycles. The highest BCUT2D eigenvalue weighted by Crippen LogP contribution is 2.43. The van der Waals surface area contributed by atoms with Crippen LogP contribution in [0.3, 0.4) is 0 Å². The molecule has 0 radical (unpaired) electrons. The number of para-hydroxylation sites is 1. The Bertz CT molecular complexity index is 497. The van der Waals surface area contributed by atoms with Gasteiger partial charge in [0.2, 0.25) is 5.91 Å². The summed E-state index contributed by atoms with van der Waals surface area (Å²) in [5.41, 5.74) is -2.00. The lowest BCUT2D eigenvalue weighted by Crippen LogP contribution is -2.52. The summed E-state index contributed by atoms with van der Waals surface area (Å²) in [4.78, 5) is 11.9. The molecule has 110 valence electrons. The average Bonchev–Trinajstić information content (AvgIpc) is 2.87. The maximum absolute atomic E-state index is 13.1. The monoisotopic (exact) mass is 288 g/mol. The molecule has 0 spiro atoms. The zero-order valence-corrected chi connectivity index (χ0v) is 10.6. The second-order valence-electron chi connectivity index (χ2n) is 4.82. The van der Waals surface area contributed by atoms with Crippen LogP contribution in [0.15, 0.2) is 24.3 Å². The van der Waals surface area contributed by atoms with Gasteiger partial charge in [-0.3, -0.25) is 4.79 Å². The fourth-order valence-electron chi connectivity index (χ4n) is 2.26. The number of hydrogen-bond acceptors (Lipinski definition) is 3. The molecule has 1 amide bonds. The summed E-state index contributed by atoms with van der Waals surface area (Å²) in [6.45, 7) is -0.393. The van der Waals surface area contributed by atoms with Gasteiger partial charge in [0.15, 0.2) is 5.41 Å². The van der Waals surface area contributed by atoms with Crippen molar-refractivity contribution >= 4 is 5.91 Å². The van der Waals surface area contributed by atoms with Crippen molar-refractivity contribution in [1.82, 2.24) is 10.6 Å². The molecule has 4 nitrogen and oxygen atoms in total. The fourth-order valence-corrected chi connectivity index (χ4v) is 2.26. The summed E-state index contributed by atoms with van der Waals surface area (Å²) < 4.78 is 39.4. The average molecular weight is 288 g/mol. The van der Waals surface area contributed by atoms with Crippen LogP contribution >= 0.6 is 0 Å². The third-order valence-corrected chi connectivity index (χ3v) is 3.56. The van der Waals surface area contributed by atoms with Gasteiger partial charge in [-0.15, -0.1) is 0 Å². The molecule has 3 N–H and O–H groups in total. The molecule has 1 aromatic carbocycles. The summed E-state index contributed by atoms with van der Waals surface area (Å²) in [5.74, 6) is -1.11. The molecule has 0 aliphatic carbocycles. The second-order valence-corrected chi connectivity index (χ2v) is 4.82. The Hall–Kier alpha value is -1.76. The Morgan fingerprint density at radius 2 is 2.10 bits per heavy atom. The highest BCUT2D eigenvalue weighted by molar-refractivity contribution is 5.84. The molecular formula is C13H15F3N2O2. The first-order valence-electron chi connectivity index (χ1n) is 6.19. The molecule has 1 aromatic rings. The van der Waals surface area contributed by atoms with Crippen LogP contribution in [0.2, 0.25) is 0 Å². The number of carbonyl (C=O) groups excluding carboxylic acids is 1. The normalized spacial score (nSPS) is 22.8. The molecular weight excluding hydrogens is 273 g/mol. The van der Waals surface area contributed by atoms with Gasteiger partial charge in [0, 0.05) is 18.7 Å². The Morgan fingerprint density at radius 3 is 2.65 bits per heavy atom. The molecule has 1 unspecified atom stereocenters. The van der Waals surface area contributed by atoms with Crippen LogP contribution in [-0.2, 0) is 11.3 Å². The molecule has 0 bridgehead atoms. The van der Waals surface area contributed by atoms with Crippen molar-refractivity contribution in [3.8, 4) is 5.75 Å². The predicted molar refractivity (Wildman–Crippen MR) is 65.9 cm³/mol. The number of amides is 1. The predicted octanol–water partition coefficient (Wildman–Crippen LogP) is 1.55. The first-order valence-corrected chi connectivity index (χ1v) is 6.19. The van der Waals surface area contributed by atoms with Gasteiger partial charge in [0.25, 0.3) is 0 Å². The Labute approximate surface area is 114 Å². The SMILES string of the molecule is O=C(NCc1ccccc1O)C1(C(F)(F)F)CCNC1. The molecule has 1 fully saturated rings. The number of aromatic hydroxyl groups is 1. The van der Waals surface area contributed by atoms with E-state index >= 15 is 0 Å². The van der Waals surface area contributed by atoms with Crippen molar-refractivity contribution in [3.63, 3.8) is 0 Å². The molecule has 1 aliphatic rings. The molecule has 2 rings (SSSR count). The Kier molecular flexibility index (Phi) is 3.89. The van der Waals surface area contributed by atoms with E-state index in [1.807, 2.05) is 0 Å². The molecule has 1 saturated heterocycles. The number of hydrogen-bond donors (Lipinski definition) is 3. The third-order valence-electron chi connectivity index (χ3n) is 3.56. The van der Waals surface area contributed by atoms with E-state index in [9.17, 15) is 23.1 Å². The van der Waals surface area contributed by atoms with Crippen molar-refractivity contribution in [1.29, 1.82) is 0 Å². The van der Waals surface area contributed by atoms with E-state index in [2.05, 4.69) is 10.6 Å². The number of halogens is 3. The quantitative estimate of drug-likeness (QED) is 0.791. The molecule has 1 atom stereocenters. The van der Waals surface area contributed by atoms with Crippen LogP contribution in [0.4, 0.5) is 13.2 Å². The van der Waals surface area contributed by atoms with Gasteiger partial charge in [0.05, 0.1) is 0 Å². The first kappa shape index (κ1) is 14.6. The number of alkyl halides is 3. The Morgan fingerprint density at radius 1 is 1.40 bits per heavy atom. The van der Waals surface area contributed by atoms with E-state index in [0.717, 1.165) is 0 Å². The molecule has 20 heavy (non-hydrogen) atoms. The number of nitrogens with one attached hydrogen (secondary N) is 2. The minimum atomic E-state index is -4.60. The lowest BCUT2D eigenvalue weighted by atomic mass is 9.85. The zero-order valence-electron chi connectivity index (χ0n) is 10.6. The fraction of sp³-hybridized carbons (Fsp3) is 0.462. The van der Waals surface area contributed by atoms with Gasteiger partial charge in [-0.2, -0.15) is 13.2 Å². The van der Waals surface area contributed by atoms with Crippen molar-refractivity contribution < 1.29 is 23.1 Å². The van der Waals surface area contributed by atoms with Crippen LogP contribution < -0.4 is 10.6 Å². The van der Waals surface area contributed by atoms with Crippen LogP contribution in [-0.4, -0.2) is 30.3 Å². The van der Waals surface area contributed by atoms with E-state index in [4.69, 9.17) is 0 Å². The second kappa shape index (κ2) is 5.32. The van der Waals surface area contributed by atoms with Crippen molar-refractivity contribution in [2.45, 2.75) is 19.1 Å². The first-order chi connectivity index (χ1) is 9.37. The smallest absolute Gasteiger partial charge is 0.404 e. The van der Waals surface area contributed by atoms with Gasteiger partial charge in [0.1, 0.15) is 5.75 Å². The maximum atomic E-state index is 13.1. The summed E-state index contributed by atoms with van der Waals surface area (Å²) in [6, 6.07) is 6.19. The largest absolute Gasteiger partial charge is 0.508 e. The van der Waals surface area contributed by atoms with E-state index in [1.165, 1.54) is 6.07 Å². The maximum Gasteiger partial charge on any atom is 0.404 e. The number of phenols is 1. The van der Waals surface area contributed by atoms with E-state index in [-0.39, 0.29) is 25.3 Å². The summed E-state index contributed by atoms with van der Waals surface area (Å²) in [6.07, 6.45) is -4.87. The number of rotatable bonds is 3. The van der Waals surface area contributed by atoms with Crippen LogP contribution in [0.1, 0.15) is 12.0 Å². The summed E-state index contributed by atoms with van der Waals surface area (Å²) in [5, 5.41) is 14.4. The van der Waals surface area contributed by atoms with Gasteiger partial charge in [-0.25, -0.2) is 0 Å². The zero-order chi connectivity index (χ0) is 14.8. The van der Waals surface area contributed by atoms with Gasteiger partial charge >= 0.3 is 6.18 Å². The van der Waals surface area contributed by atoms with E-state index in [0.29, 0.717) is 5.56 Å². The van der Waals surface area contributed by atoms with Crippen molar-refractivity contribution in [2.24, 2.45) is 5.41 Å². The van der Waals surface area contributed by atoms with Gasteiger partial charge in [-0.05, 0) is 19.0 Å². The summed E-state index contributed by atoms with van der Waals surface area (Å²) >= 11 is 0. The highest BCUT2D eigenvalue weighted by Gasteiger charge is 2.61. The van der Waals surface area contributed by atoms with E-state index < -0.39 is 24.0 Å². The van der Waals surface area contributed by atoms with E-state index in [1.54, 1.807) is 18.2 Å². The lowest BCUT2D eigenvalue weighted by molar-refractivity contribution is -0.216. The van der Waals surface area contributed by atoms with Gasteiger partial charge < -0.3 is 15.7 Å². The third kappa shape index (κ3) is 2.58. The Balaban J connectivity index is 2.09. The minimum Gasteiger partial charge on any atom is -0.508 e. The molecule has 1 heterocycles. The van der Waals surface area contributed by atoms with Crippen LogP contribution in [0.25, 0.3) is 0 Å². The molecule has 1 aliphatic heterocycles. The van der Waals surface area contributed by atoms with Gasteiger partial charge in [-0.1, -0.05) is 18.2 Å². The van der Waals surface area contributed by atoms with Crippen molar-refractivity contribution in [3.05, 3.63) is 29.8 Å². The van der Waals surface area contributed by atoms with Crippen LogP contribution in [0, 0.1) is 5.41 Å². The standard InChI is InChI=1S/C13H15F3N2O2/c14-13(15,16)12(5-6-17-8-12)11(20)18-7-9-3-1-2-4-10(9)19/h1-4,17,19H,5-8H2,(H,18,20). The minimum absolute atomic E-state index is 0.0570. The topological polar surface area (TPSA) is 61.4 Å². The molecule has 0 aromatic heterocycles. The lowest BCUT2D eigenvalue weighted by Gasteiger charge is -2.29. The van der Waals surface area contributed by atoms with Crippen LogP contribution in [0.5, 0.6) is 5.75 Å².